The van der Waals surface area contributed by atoms with Gasteiger partial charge in [-0.3, -0.25) is 0 Å². The molecule has 4 heteroatoms. The Kier molecular flexibility index (Phi) is 9.05. The van der Waals surface area contributed by atoms with E-state index in [2.05, 4.69) is 65.8 Å². The number of hydrogen-bond acceptors (Lipinski definition) is 3. The Morgan fingerprint density at radius 2 is 1.52 bits per heavy atom. The number of benzene rings is 2. The normalized spacial score (nSPS) is 11.7. The Bertz CT molecular complexity index is 777. The van der Waals surface area contributed by atoms with E-state index < -0.39 is 0 Å². The fourth-order valence-electron chi connectivity index (χ4n) is 4.14. The molecule has 2 rings (SSSR count). The van der Waals surface area contributed by atoms with Gasteiger partial charge in [0.2, 0.25) is 0 Å². The summed E-state index contributed by atoms with van der Waals surface area (Å²) in [4.78, 5) is 0. The van der Waals surface area contributed by atoms with Gasteiger partial charge < -0.3 is 15.2 Å². The lowest BCUT2D eigenvalue weighted by Gasteiger charge is -2.33. The maximum Gasteiger partial charge on any atom is 0.169 e. The summed E-state index contributed by atoms with van der Waals surface area (Å²) in [7, 11) is 0. The van der Waals surface area contributed by atoms with E-state index in [0.29, 0.717) is 13.2 Å². The van der Waals surface area contributed by atoms with Crippen molar-refractivity contribution in [2.45, 2.75) is 73.3 Å². The van der Waals surface area contributed by atoms with E-state index in [1.54, 1.807) is 0 Å². The largest absolute Gasteiger partial charge is 0.490 e. The van der Waals surface area contributed by atoms with Gasteiger partial charge in [-0.2, -0.15) is 0 Å². The van der Waals surface area contributed by atoms with Crippen LogP contribution < -0.4 is 15.2 Å². The second-order valence-corrected chi connectivity index (χ2v) is 9.27. The molecule has 0 saturated heterocycles. The van der Waals surface area contributed by atoms with Crippen LogP contribution in [0.4, 0.5) is 0 Å². The van der Waals surface area contributed by atoms with E-state index in [-0.39, 0.29) is 23.2 Å². The van der Waals surface area contributed by atoms with Gasteiger partial charge in [0.25, 0.3) is 0 Å². The Morgan fingerprint density at radius 3 is 2.00 bits per heavy atom. The van der Waals surface area contributed by atoms with Crippen LogP contribution in [0.5, 0.6) is 17.2 Å². The summed E-state index contributed by atoms with van der Waals surface area (Å²) in [5.41, 5.74) is 9.86. The molecule has 2 aromatic carbocycles. The molecule has 0 aliphatic heterocycles. The molecule has 0 bridgehead atoms. The Labute approximate surface area is 183 Å². The molecule has 0 saturated carbocycles. The fraction of sp³-hybridized carbons (Fsp3) is 0.520. The monoisotopic (exact) mass is 419 g/mol. The van der Waals surface area contributed by atoms with E-state index in [4.69, 9.17) is 15.2 Å². The highest BCUT2D eigenvalue weighted by Crippen LogP contribution is 2.39. The third kappa shape index (κ3) is 6.65. The van der Waals surface area contributed by atoms with Gasteiger partial charge in [0.1, 0.15) is 5.75 Å². The zero-order chi connectivity index (χ0) is 20.9. The summed E-state index contributed by atoms with van der Waals surface area (Å²) in [5.74, 6) is 2.38. The first kappa shape index (κ1) is 25.3. The molecule has 0 unspecified atom stereocenters. The minimum atomic E-state index is 0. The standard InChI is InChI=1S/C25H37NO2.ClH/c1-8-21-18(16-26)10-15-22(23(21)27-9-2)28-20-13-11-19(12-14-20)25(6,7)17-24(3,4)5;/h10-15H,8-9,16-17,26H2,1-7H3;1H. The summed E-state index contributed by atoms with van der Waals surface area (Å²) in [6.45, 7) is 16.7. The van der Waals surface area contributed by atoms with E-state index in [1.807, 2.05) is 19.1 Å². The quantitative estimate of drug-likeness (QED) is 0.499. The van der Waals surface area contributed by atoms with Crippen molar-refractivity contribution < 1.29 is 9.47 Å². The summed E-state index contributed by atoms with van der Waals surface area (Å²) < 4.78 is 12.1. The number of nitrogens with two attached hydrogens (primary N) is 1. The Morgan fingerprint density at radius 1 is 0.897 bits per heavy atom. The average molecular weight is 420 g/mol. The molecule has 0 heterocycles. The SMILES string of the molecule is CCOc1c(Oc2ccc(C(C)(C)CC(C)(C)C)cc2)ccc(CN)c1CC.Cl. The van der Waals surface area contributed by atoms with Gasteiger partial charge in [-0.05, 0) is 59.9 Å². The second kappa shape index (κ2) is 10.4. The lowest BCUT2D eigenvalue weighted by molar-refractivity contribution is 0.284. The Hall–Kier alpha value is -1.71. The van der Waals surface area contributed by atoms with Gasteiger partial charge >= 0.3 is 0 Å². The van der Waals surface area contributed by atoms with Crippen molar-refractivity contribution in [1.82, 2.24) is 0 Å². The molecule has 0 radical (unpaired) electrons. The maximum atomic E-state index is 6.21. The van der Waals surface area contributed by atoms with Gasteiger partial charge in [-0.25, -0.2) is 0 Å². The first-order valence-electron chi connectivity index (χ1n) is 10.4. The zero-order valence-corrected chi connectivity index (χ0v) is 19.9. The van der Waals surface area contributed by atoms with Crippen LogP contribution in [0.1, 0.15) is 71.6 Å². The third-order valence-electron chi connectivity index (χ3n) is 5.02. The first-order chi connectivity index (χ1) is 13.1. The zero-order valence-electron chi connectivity index (χ0n) is 19.1. The van der Waals surface area contributed by atoms with E-state index in [1.165, 1.54) is 5.56 Å². The highest BCUT2D eigenvalue weighted by atomic mass is 35.5. The summed E-state index contributed by atoms with van der Waals surface area (Å²) in [6.07, 6.45) is 1.98. The van der Waals surface area contributed by atoms with Crippen LogP contribution in [0.2, 0.25) is 0 Å². The van der Waals surface area contributed by atoms with Crippen molar-refractivity contribution in [3.8, 4) is 17.2 Å². The summed E-state index contributed by atoms with van der Waals surface area (Å²) in [6, 6.07) is 12.5. The minimum Gasteiger partial charge on any atom is -0.490 e. The number of rotatable bonds is 8. The molecule has 0 aromatic heterocycles. The Balaban J connectivity index is 0.00000420. The topological polar surface area (TPSA) is 44.5 Å². The molecule has 3 nitrogen and oxygen atoms in total. The van der Waals surface area contributed by atoms with Crippen LogP contribution in [-0.2, 0) is 18.4 Å². The molecule has 0 amide bonds. The predicted octanol–water partition coefficient (Wildman–Crippen LogP) is 7.03. The van der Waals surface area contributed by atoms with Crippen LogP contribution in [0.3, 0.4) is 0 Å². The number of hydrogen-bond donors (Lipinski definition) is 1. The summed E-state index contributed by atoms with van der Waals surface area (Å²) >= 11 is 0. The van der Waals surface area contributed by atoms with E-state index >= 15 is 0 Å². The predicted molar refractivity (Wildman–Crippen MR) is 126 cm³/mol. The average Bonchev–Trinajstić information content (AvgIpc) is 2.61. The van der Waals surface area contributed by atoms with Crippen molar-refractivity contribution in [3.63, 3.8) is 0 Å². The maximum absolute atomic E-state index is 6.21. The minimum absolute atomic E-state index is 0. The van der Waals surface area contributed by atoms with Crippen LogP contribution in [0.15, 0.2) is 36.4 Å². The third-order valence-corrected chi connectivity index (χ3v) is 5.02. The molecule has 0 fully saturated rings. The van der Waals surface area contributed by atoms with Crippen LogP contribution in [0.25, 0.3) is 0 Å². The molecular formula is C25H38ClNO2. The molecule has 0 spiro atoms. The van der Waals surface area contributed by atoms with Gasteiger partial charge in [0, 0.05) is 12.1 Å². The van der Waals surface area contributed by atoms with Crippen LogP contribution in [0, 0.1) is 5.41 Å². The fourth-order valence-corrected chi connectivity index (χ4v) is 4.14. The number of halogens is 1. The molecule has 2 aromatic rings. The van der Waals surface area contributed by atoms with Gasteiger partial charge in [-0.15, -0.1) is 12.4 Å². The van der Waals surface area contributed by atoms with E-state index in [9.17, 15) is 0 Å². The van der Waals surface area contributed by atoms with Crippen molar-refractivity contribution >= 4 is 12.4 Å². The smallest absolute Gasteiger partial charge is 0.169 e. The summed E-state index contributed by atoms with van der Waals surface area (Å²) in [5, 5.41) is 0. The molecule has 0 aliphatic carbocycles. The second-order valence-electron chi connectivity index (χ2n) is 9.27. The van der Waals surface area contributed by atoms with Crippen molar-refractivity contribution in [3.05, 3.63) is 53.1 Å². The highest BCUT2D eigenvalue weighted by Gasteiger charge is 2.27. The molecule has 29 heavy (non-hydrogen) atoms. The van der Waals surface area contributed by atoms with Crippen LogP contribution >= 0.6 is 12.4 Å². The van der Waals surface area contributed by atoms with Gasteiger partial charge in [0.15, 0.2) is 11.5 Å². The van der Waals surface area contributed by atoms with Crippen molar-refractivity contribution in [1.29, 1.82) is 0 Å². The lowest BCUT2D eigenvalue weighted by atomic mass is 9.72. The highest BCUT2D eigenvalue weighted by molar-refractivity contribution is 5.85. The van der Waals surface area contributed by atoms with Gasteiger partial charge in [-0.1, -0.05) is 59.7 Å². The van der Waals surface area contributed by atoms with E-state index in [0.717, 1.165) is 41.2 Å². The number of ether oxygens (including phenoxy) is 2. The molecule has 162 valence electrons. The molecule has 0 aliphatic rings. The van der Waals surface area contributed by atoms with Gasteiger partial charge in [0.05, 0.1) is 6.61 Å². The molecule has 0 atom stereocenters. The van der Waals surface area contributed by atoms with Crippen molar-refractivity contribution in [2.75, 3.05) is 6.61 Å². The first-order valence-corrected chi connectivity index (χ1v) is 10.4. The molecule has 2 N–H and O–H groups in total. The molecular weight excluding hydrogens is 382 g/mol. The van der Waals surface area contributed by atoms with Crippen molar-refractivity contribution in [2.24, 2.45) is 11.1 Å². The lowest BCUT2D eigenvalue weighted by Crippen LogP contribution is -2.24. The van der Waals surface area contributed by atoms with Crippen LogP contribution in [-0.4, -0.2) is 6.61 Å².